The number of rotatable bonds is 5. The highest BCUT2D eigenvalue weighted by Gasteiger charge is 2.26. The van der Waals surface area contributed by atoms with Crippen LogP contribution in [0.3, 0.4) is 0 Å². The monoisotopic (exact) mass is 337 g/mol. The summed E-state index contributed by atoms with van der Waals surface area (Å²) in [5, 5.41) is 0. The number of hydrogen-bond donors (Lipinski definition) is 1. The normalized spacial score (nSPS) is 31.5. The van der Waals surface area contributed by atoms with Crippen LogP contribution in [0.2, 0.25) is 0 Å². The van der Waals surface area contributed by atoms with Gasteiger partial charge in [0.25, 0.3) is 0 Å². The quantitative estimate of drug-likeness (QED) is 0.819. The van der Waals surface area contributed by atoms with E-state index in [1.165, 1.54) is 84.0 Å². The molecule has 0 aromatic carbocycles. The van der Waals surface area contributed by atoms with Crippen molar-refractivity contribution < 1.29 is 0 Å². The number of nitrogens with two attached hydrogens (primary N) is 1. The fraction of sp³-hybridized carbons (Fsp3) is 1.00. The molecule has 1 aliphatic heterocycles. The molecule has 1 saturated carbocycles. The molecule has 0 aromatic rings. The molecule has 0 amide bonds. The smallest absolute Gasteiger partial charge is 0.0191 e. The Bertz CT molecular complexity index is 313. The molecule has 2 N–H and O–H groups in total. The average Bonchev–Trinajstić information content (AvgIpc) is 2.64. The lowest BCUT2D eigenvalue weighted by molar-refractivity contribution is 0.0662. The van der Waals surface area contributed by atoms with E-state index in [9.17, 15) is 0 Å². The van der Waals surface area contributed by atoms with E-state index in [1.807, 2.05) is 0 Å². The number of hydrogen-bond acceptors (Lipinski definition) is 3. The first-order valence-electron chi connectivity index (χ1n) is 10.8. The van der Waals surface area contributed by atoms with Crippen molar-refractivity contribution in [1.82, 2.24) is 9.80 Å². The summed E-state index contributed by atoms with van der Waals surface area (Å²) in [5.41, 5.74) is 5.84. The van der Waals surface area contributed by atoms with Crippen LogP contribution in [0.5, 0.6) is 0 Å². The summed E-state index contributed by atoms with van der Waals surface area (Å²) < 4.78 is 0. The van der Waals surface area contributed by atoms with Crippen molar-refractivity contribution in [3.05, 3.63) is 0 Å². The first-order chi connectivity index (χ1) is 11.7. The molecule has 2 atom stereocenters. The Kier molecular flexibility index (Phi) is 9.07. The van der Waals surface area contributed by atoms with Crippen LogP contribution in [0.15, 0.2) is 0 Å². The largest absolute Gasteiger partial charge is 0.329 e. The van der Waals surface area contributed by atoms with Crippen molar-refractivity contribution in [2.24, 2.45) is 17.6 Å². The zero-order chi connectivity index (χ0) is 17.4. The maximum Gasteiger partial charge on any atom is 0.0191 e. The molecule has 1 heterocycles. The molecule has 1 aliphatic carbocycles. The minimum absolute atomic E-state index is 0.550. The van der Waals surface area contributed by atoms with Crippen LogP contribution in [0.4, 0.5) is 0 Å². The van der Waals surface area contributed by atoms with Gasteiger partial charge >= 0.3 is 0 Å². The molecule has 24 heavy (non-hydrogen) atoms. The van der Waals surface area contributed by atoms with Gasteiger partial charge in [-0.15, -0.1) is 0 Å². The molecule has 0 bridgehead atoms. The second-order valence-electron chi connectivity index (χ2n) is 8.53. The van der Waals surface area contributed by atoms with E-state index < -0.39 is 0 Å². The zero-order valence-corrected chi connectivity index (χ0v) is 16.7. The summed E-state index contributed by atoms with van der Waals surface area (Å²) in [4.78, 5) is 5.38. The first kappa shape index (κ1) is 20.2. The van der Waals surface area contributed by atoms with Crippen molar-refractivity contribution >= 4 is 0 Å². The van der Waals surface area contributed by atoms with E-state index in [2.05, 4.69) is 30.6 Å². The molecule has 3 nitrogen and oxygen atoms in total. The van der Waals surface area contributed by atoms with E-state index >= 15 is 0 Å². The summed E-state index contributed by atoms with van der Waals surface area (Å²) in [6.45, 7) is 12.8. The molecular formula is C21H43N3. The maximum atomic E-state index is 5.84. The van der Waals surface area contributed by atoms with Gasteiger partial charge in [-0.3, -0.25) is 9.80 Å². The van der Waals surface area contributed by atoms with Crippen molar-refractivity contribution in [3.8, 4) is 0 Å². The molecule has 3 heteroatoms. The SMILES string of the molecule is CCC(C)C1CCCCC(N2CCN(C(C)CN)CC2)CCCC1. The topological polar surface area (TPSA) is 32.5 Å². The lowest BCUT2D eigenvalue weighted by Crippen LogP contribution is -2.53. The van der Waals surface area contributed by atoms with Crippen LogP contribution in [0, 0.1) is 11.8 Å². The highest BCUT2D eigenvalue weighted by Crippen LogP contribution is 2.30. The van der Waals surface area contributed by atoms with Gasteiger partial charge in [-0.05, 0) is 31.6 Å². The molecule has 0 spiro atoms. The van der Waals surface area contributed by atoms with Gasteiger partial charge in [-0.2, -0.15) is 0 Å². The summed E-state index contributed by atoms with van der Waals surface area (Å²) >= 11 is 0. The fourth-order valence-corrected chi connectivity index (χ4v) is 4.82. The number of nitrogens with zero attached hydrogens (tertiary/aromatic N) is 2. The van der Waals surface area contributed by atoms with Crippen molar-refractivity contribution in [2.45, 2.75) is 90.6 Å². The molecule has 2 aliphatic rings. The lowest BCUT2D eigenvalue weighted by Gasteiger charge is -2.42. The van der Waals surface area contributed by atoms with E-state index in [0.29, 0.717) is 6.04 Å². The van der Waals surface area contributed by atoms with Crippen LogP contribution >= 0.6 is 0 Å². The third kappa shape index (κ3) is 6.00. The van der Waals surface area contributed by atoms with Crippen LogP contribution in [-0.2, 0) is 0 Å². The Balaban J connectivity index is 1.77. The maximum absolute atomic E-state index is 5.84. The molecule has 2 rings (SSSR count). The minimum atomic E-state index is 0.550. The Labute approximate surface area is 151 Å². The average molecular weight is 338 g/mol. The first-order valence-corrected chi connectivity index (χ1v) is 10.8. The van der Waals surface area contributed by atoms with Crippen molar-refractivity contribution in [2.75, 3.05) is 32.7 Å². The lowest BCUT2D eigenvalue weighted by atomic mass is 9.82. The summed E-state index contributed by atoms with van der Waals surface area (Å²) in [7, 11) is 0. The minimum Gasteiger partial charge on any atom is -0.329 e. The highest BCUT2D eigenvalue weighted by atomic mass is 15.3. The molecule has 0 aromatic heterocycles. The molecule has 2 fully saturated rings. The van der Waals surface area contributed by atoms with E-state index in [-0.39, 0.29) is 0 Å². The van der Waals surface area contributed by atoms with Gasteiger partial charge in [0.2, 0.25) is 0 Å². The van der Waals surface area contributed by atoms with Crippen molar-refractivity contribution in [1.29, 1.82) is 0 Å². The third-order valence-corrected chi connectivity index (χ3v) is 7.00. The predicted molar refractivity (Wildman–Crippen MR) is 105 cm³/mol. The summed E-state index contributed by atoms with van der Waals surface area (Å²) in [6.07, 6.45) is 13.0. The van der Waals surface area contributed by atoms with Gasteiger partial charge in [-0.25, -0.2) is 0 Å². The molecule has 142 valence electrons. The predicted octanol–water partition coefficient (Wildman–Crippen LogP) is 4.12. The van der Waals surface area contributed by atoms with Gasteiger partial charge < -0.3 is 5.73 Å². The molecule has 0 radical (unpaired) electrons. The van der Waals surface area contributed by atoms with Gasteiger partial charge in [-0.1, -0.05) is 58.8 Å². The summed E-state index contributed by atoms with van der Waals surface area (Å²) in [6, 6.07) is 1.40. The molecule has 2 unspecified atom stereocenters. The fourth-order valence-electron chi connectivity index (χ4n) is 4.82. The molecule has 1 saturated heterocycles. The molecular weight excluding hydrogens is 294 g/mol. The Morgan fingerprint density at radius 3 is 1.92 bits per heavy atom. The van der Waals surface area contributed by atoms with Gasteiger partial charge in [0.05, 0.1) is 0 Å². The second-order valence-corrected chi connectivity index (χ2v) is 8.53. The third-order valence-electron chi connectivity index (χ3n) is 7.00. The van der Waals surface area contributed by atoms with Gasteiger partial charge in [0.1, 0.15) is 0 Å². The zero-order valence-electron chi connectivity index (χ0n) is 16.7. The van der Waals surface area contributed by atoms with Crippen LogP contribution in [0.25, 0.3) is 0 Å². The second kappa shape index (κ2) is 10.8. The standard InChI is InChI=1S/C21H43N3/c1-4-18(2)20-9-5-7-11-21(12-8-6-10-20)24-15-13-23(14-16-24)19(3)17-22/h18-21H,4-17,22H2,1-3H3. The van der Waals surface area contributed by atoms with E-state index in [0.717, 1.165) is 24.4 Å². The van der Waals surface area contributed by atoms with Crippen LogP contribution in [-0.4, -0.2) is 54.6 Å². The summed E-state index contributed by atoms with van der Waals surface area (Å²) in [5.74, 6) is 1.92. The Hall–Kier alpha value is -0.120. The van der Waals surface area contributed by atoms with Crippen LogP contribution < -0.4 is 5.73 Å². The van der Waals surface area contributed by atoms with Gasteiger partial charge in [0.15, 0.2) is 0 Å². The van der Waals surface area contributed by atoms with Crippen LogP contribution in [0.1, 0.15) is 78.6 Å². The Morgan fingerprint density at radius 1 is 0.875 bits per heavy atom. The van der Waals surface area contributed by atoms with E-state index in [1.54, 1.807) is 0 Å². The van der Waals surface area contributed by atoms with E-state index in [4.69, 9.17) is 5.73 Å². The highest BCUT2D eigenvalue weighted by molar-refractivity contribution is 4.82. The van der Waals surface area contributed by atoms with Crippen molar-refractivity contribution in [3.63, 3.8) is 0 Å². The number of piperazine rings is 1. The van der Waals surface area contributed by atoms with Gasteiger partial charge in [0, 0.05) is 44.8 Å². The Morgan fingerprint density at radius 2 is 1.42 bits per heavy atom.